The summed E-state index contributed by atoms with van der Waals surface area (Å²) in [4.78, 5) is 8.69. The highest BCUT2D eigenvalue weighted by atomic mass is 16.3. The van der Waals surface area contributed by atoms with Crippen molar-refractivity contribution in [3.63, 3.8) is 0 Å². The van der Waals surface area contributed by atoms with Crippen LogP contribution in [-0.2, 0) is 12.8 Å². The van der Waals surface area contributed by atoms with E-state index >= 15 is 0 Å². The largest absolute Gasteiger partial charge is 0.388 e. The van der Waals surface area contributed by atoms with Crippen LogP contribution in [0.5, 0.6) is 0 Å². The van der Waals surface area contributed by atoms with Gasteiger partial charge in [-0.2, -0.15) is 0 Å². The number of fused-ring (bicyclic) bond motifs is 1. The fourth-order valence-corrected chi connectivity index (χ4v) is 3.32. The number of nitrogens with zero attached hydrogens (tertiary/aromatic N) is 2. The molecule has 2 aliphatic rings. The fourth-order valence-electron chi connectivity index (χ4n) is 3.32. The van der Waals surface area contributed by atoms with Crippen molar-refractivity contribution >= 4 is 5.82 Å². The van der Waals surface area contributed by atoms with Gasteiger partial charge in [0.25, 0.3) is 0 Å². The first-order valence-electron chi connectivity index (χ1n) is 7.56. The molecule has 1 heterocycles. The molecule has 0 bridgehead atoms. The Kier molecular flexibility index (Phi) is 3.69. The van der Waals surface area contributed by atoms with E-state index in [1.807, 2.05) is 0 Å². The summed E-state index contributed by atoms with van der Waals surface area (Å²) >= 11 is 0. The van der Waals surface area contributed by atoms with Gasteiger partial charge in [-0.3, -0.25) is 0 Å². The molecule has 0 amide bonds. The van der Waals surface area contributed by atoms with Crippen molar-refractivity contribution in [2.75, 3.05) is 11.9 Å². The minimum atomic E-state index is -0.549. The number of aliphatic hydroxyl groups is 1. The molecule has 2 aliphatic carbocycles. The Hall–Kier alpha value is -1.16. The van der Waals surface area contributed by atoms with Crippen molar-refractivity contribution in [1.29, 1.82) is 0 Å². The lowest BCUT2D eigenvalue weighted by molar-refractivity contribution is 0.0380. The Bertz CT molecular complexity index is 439. The van der Waals surface area contributed by atoms with Crippen molar-refractivity contribution in [2.24, 2.45) is 0 Å². The molecule has 1 aromatic rings. The first-order chi connectivity index (χ1) is 9.27. The highest BCUT2D eigenvalue weighted by molar-refractivity contribution is 5.48. The zero-order chi connectivity index (χ0) is 13.1. The lowest BCUT2D eigenvalue weighted by Gasteiger charge is -2.27. The summed E-state index contributed by atoms with van der Waals surface area (Å²) in [7, 11) is 0. The number of rotatable bonds is 3. The van der Waals surface area contributed by atoms with E-state index in [1.54, 1.807) is 6.33 Å². The Morgan fingerprint density at radius 1 is 1.05 bits per heavy atom. The molecular formula is C15H23N3O. The summed E-state index contributed by atoms with van der Waals surface area (Å²) in [6.07, 6.45) is 11.6. The van der Waals surface area contributed by atoms with Gasteiger partial charge in [-0.15, -0.1) is 0 Å². The third-order valence-electron chi connectivity index (χ3n) is 4.49. The number of aromatic nitrogens is 2. The minimum Gasteiger partial charge on any atom is -0.388 e. The van der Waals surface area contributed by atoms with Crippen molar-refractivity contribution in [1.82, 2.24) is 9.97 Å². The van der Waals surface area contributed by atoms with Crippen LogP contribution in [0.3, 0.4) is 0 Å². The van der Waals surface area contributed by atoms with Crippen LogP contribution in [0.4, 0.5) is 5.82 Å². The molecule has 1 aromatic heterocycles. The third-order valence-corrected chi connectivity index (χ3v) is 4.49. The van der Waals surface area contributed by atoms with Crippen LogP contribution in [-0.4, -0.2) is 27.2 Å². The van der Waals surface area contributed by atoms with E-state index in [-0.39, 0.29) is 0 Å². The maximum Gasteiger partial charge on any atom is 0.132 e. The predicted molar refractivity (Wildman–Crippen MR) is 75.2 cm³/mol. The first kappa shape index (κ1) is 12.9. The molecule has 1 fully saturated rings. The maximum absolute atomic E-state index is 10.7. The van der Waals surface area contributed by atoms with E-state index < -0.39 is 5.60 Å². The average Bonchev–Trinajstić information content (AvgIpc) is 2.80. The van der Waals surface area contributed by atoms with Crippen LogP contribution in [0.2, 0.25) is 0 Å². The lowest BCUT2D eigenvalue weighted by Crippen LogP contribution is -2.36. The Morgan fingerprint density at radius 2 is 1.84 bits per heavy atom. The molecule has 1 saturated carbocycles. The van der Waals surface area contributed by atoms with Crippen molar-refractivity contribution in [3.05, 3.63) is 17.6 Å². The van der Waals surface area contributed by atoms with Gasteiger partial charge >= 0.3 is 0 Å². The van der Waals surface area contributed by atoms with Gasteiger partial charge in [0.1, 0.15) is 12.1 Å². The van der Waals surface area contributed by atoms with Gasteiger partial charge in [-0.1, -0.05) is 25.7 Å². The number of anilines is 1. The van der Waals surface area contributed by atoms with Crippen LogP contribution in [0.25, 0.3) is 0 Å². The van der Waals surface area contributed by atoms with Gasteiger partial charge < -0.3 is 10.4 Å². The van der Waals surface area contributed by atoms with E-state index in [1.165, 1.54) is 30.5 Å². The van der Waals surface area contributed by atoms with Gasteiger partial charge in [0.05, 0.1) is 5.60 Å². The average molecular weight is 261 g/mol. The van der Waals surface area contributed by atoms with Crippen LogP contribution in [0.1, 0.15) is 56.2 Å². The monoisotopic (exact) mass is 261 g/mol. The summed E-state index contributed by atoms with van der Waals surface area (Å²) < 4.78 is 0. The van der Waals surface area contributed by atoms with E-state index in [0.29, 0.717) is 6.54 Å². The molecule has 0 aromatic carbocycles. The quantitative estimate of drug-likeness (QED) is 0.821. The molecule has 0 spiro atoms. The minimum absolute atomic E-state index is 0.549. The van der Waals surface area contributed by atoms with E-state index in [2.05, 4.69) is 15.3 Å². The molecule has 0 unspecified atom stereocenters. The molecule has 0 saturated heterocycles. The second-order valence-corrected chi connectivity index (χ2v) is 5.99. The maximum atomic E-state index is 10.7. The summed E-state index contributed by atoms with van der Waals surface area (Å²) in [5.41, 5.74) is 1.90. The number of aryl methyl sites for hydroxylation is 1. The standard InChI is InChI=1S/C15H23N3O/c19-15(8-3-1-2-4-9-15)10-16-14-12-6-5-7-13(12)17-11-18-14/h11,19H,1-10H2,(H,16,17,18). The Labute approximate surface area is 114 Å². The summed E-state index contributed by atoms with van der Waals surface area (Å²) in [5.74, 6) is 0.945. The van der Waals surface area contributed by atoms with E-state index in [0.717, 1.165) is 44.3 Å². The second-order valence-electron chi connectivity index (χ2n) is 5.99. The molecular weight excluding hydrogens is 238 g/mol. The SMILES string of the molecule is OC1(CNc2ncnc3c2CCC3)CCCCCC1. The third kappa shape index (κ3) is 2.89. The molecule has 19 heavy (non-hydrogen) atoms. The lowest BCUT2D eigenvalue weighted by atomic mass is 9.94. The van der Waals surface area contributed by atoms with Crippen molar-refractivity contribution in [3.8, 4) is 0 Å². The Morgan fingerprint density at radius 3 is 2.63 bits per heavy atom. The molecule has 4 heteroatoms. The smallest absolute Gasteiger partial charge is 0.132 e. The predicted octanol–water partition coefficient (Wildman–Crippen LogP) is 2.46. The number of hydrogen-bond acceptors (Lipinski definition) is 4. The fraction of sp³-hybridized carbons (Fsp3) is 0.733. The van der Waals surface area contributed by atoms with Gasteiger partial charge in [0, 0.05) is 17.8 Å². The molecule has 2 N–H and O–H groups in total. The van der Waals surface area contributed by atoms with E-state index in [9.17, 15) is 5.11 Å². The van der Waals surface area contributed by atoms with Gasteiger partial charge in [-0.25, -0.2) is 9.97 Å². The molecule has 104 valence electrons. The number of nitrogens with one attached hydrogen (secondary N) is 1. The molecule has 0 radical (unpaired) electrons. The highest BCUT2D eigenvalue weighted by Gasteiger charge is 2.28. The van der Waals surface area contributed by atoms with Gasteiger partial charge in [0.15, 0.2) is 0 Å². The highest BCUT2D eigenvalue weighted by Crippen LogP contribution is 2.29. The zero-order valence-corrected chi connectivity index (χ0v) is 11.5. The van der Waals surface area contributed by atoms with Gasteiger partial charge in [0.2, 0.25) is 0 Å². The summed E-state index contributed by atoms with van der Waals surface area (Å²) in [6, 6.07) is 0. The zero-order valence-electron chi connectivity index (χ0n) is 11.5. The normalized spacial score (nSPS) is 21.7. The molecule has 0 atom stereocenters. The first-order valence-corrected chi connectivity index (χ1v) is 7.56. The Balaban J connectivity index is 1.67. The van der Waals surface area contributed by atoms with Crippen molar-refractivity contribution in [2.45, 2.75) is 63.4 Å². The topological polar surface area (TPSA) is 58.0 Å². The van der Waals surface area contributed by atoms with Crippen molar-refractivity contribution < 1.29 is 5.11 Å². The summed E-state index contributed by atoms with van der Waals surface area (Å²) in [6.45, 7) is 0.621. The van der Waals surface area contributed by atoms with E-state index in [4.69, 9.17) is 0 Å². The van der Waals surface area contributed by atoms with Crippen LogP contribution in [0.15, 0.2) is 6.33 Å². The molecule has 4 nitrogen and oxygen atoms in total. The van der Waals surface area contributed by atoms with Crippen LogP contribution in [0, 0.1) is 0 Å². The molecule has 0 aliphatic heterocycles. The van der Waals surface area contributed by atoms with Crippen LogP contribution < -0.4 is 5.32 Å². The number of hydrogen-bond donors (Lipinski definition) is 2. The summed E-state index contributed by atoms with van der Waals surface area (Å²) in [5, 5.41) is 14.0. The van der Waals surface area contributed by atoms with Gasteiger partial charge in [-0.05, 0) is 32.1 Å². The van der Waals surface area contributed by atoms with Crippen LogP contribution >= 0.6 is 0 Å². The second kappa shape index (κ2) is 5.45. The molecule has 3 rings (SSSR count).